The van der Waals surface area contributed by atoms with E-state index in [-0.39, 0.29) is 11.8 Å². The average Bonchev–Trinajstić information content (AvgIpc) is 2.95. The third kappa shape index (κ3) is 3.10. The Bertz CT molecular complexity index is 620. The molecular formula is C17H21NO4S. The Morgan fingerprint density at radius 2 is 2.22 bits per heavy atom. The van der Waals surface area contributed by atoms with Gasteiger partial charge < -0.3 is 14.7 Å². The third-order valence-corrected chi connectivity index (χ3v) is 6.09. The number of carboxylic acids is 1. The molecule has 2 aliphatic rings. The van der Waals surface area contributed by atoms with Crippen LogP contribution in [0.4, 0.5) is 0 Å². The van der Waals surface area contributed by atoms with Crippen LogP contribution < -0.4 is 0 Å². The van der Waals surface area contributed by atoms with Crippen molar-refractivity contribution in [3.63, 3.8) is 0 Å². The second-order valence-corrected chi connectivity index (χ2v) is 7.33. The monoisotopic (exact) mass is 335 g/mol. The molecule has 3 rings (SSSR count). The van der Waals surface area contributed by atoms with Crippen LogP contribution in [0.3, 0.4) is 0 Å². The van der Waals surface area contributed by atoms with Crippen molar-refractivity contribution in [1.29, 1.82) is 0 Å². The van der Waals surface area contributed by atoms with E-state index >= 15 is 0 Å². The second-order valence-electron chi connectivity index (χ2n) is 6.31. The fourth-order valence-electron chi connectivity index (χ4n) is 3.44. The van der Waals surface area contributed by atoms with Gasteiger partial charge in [-0.3, -0.25) is 9.59 Å². The highest BCUT2D eigenvalue weighted by molar-refractivity contribution is 8.00. The SMILES string of the molecule is Cc1ccccc1SCC(=O)N1C[C@H]2COCC[C@@]2(C(=O)O)C1. The van der Waals surface area contributed by atoms with Crippen LogP contribution >= 0.6 is 11.8 Å². The molecule has 23 heavy (non-hydrogen) atoms. The number of ether oxygens (including phenoxy) is 1. The maximum Gasteiger partial charge on any atom is 0.311 e. The number of carbonyl (C=O) groups is 2. The van der Waals surface area contributed by atoms with E-state index < -0.39 is 11.4 Å². The van der Waals surface area contributed by atoms with Gasteiger partial charge in [0, 0.05) is 30.5 Å². The van der Waals surface area contributed by atoms with Gasteiger partial charge in [-0.15, -0.1) is 11.8 Å². The van der Waals surface area contributed by atoms with Crippen LogP contribution in [0.15, 0.2) is 29.2 Å². The van der Waals surface area contributed by atoms with E-state index in [1.54, 1.807) is 4.90 Å². The van der Waals surface area contributed by atoms with Crippen molar-refractivity contribution < 1.29 is 19.4 Å². The standard InChI is InChI=1S/C17H21NO4S/c1-12-4-2-3-5-14(12)23-10-15(19)18-8-13-9-22-7-6-17(13,11-18)16(20)21/h2-5,13H,6-11H2,1H3,(H,20,21)/t13-,17+/m0/s1. The number of carbonyl (C=O) groups excluding carboxylic acids is 1. The van der Waals surface area contributed by atoms with Crippen molar-refractivity contribution >= 4 is 23.6 Å². The minimum Gasteiger partial charge on any atom is -0.481 e. The van der Waals surface area contributed by atoms with E-state index in [9.17, 15) is 14.7 Å². The van der Waals surface area contributed by atoms with Crippen LogP contribution in [0.25, 0.3) is 0 Å². The Balaban J connectivity index is 1.65. The molecule has 0 bridgehead atoms. The molecule has 1 N–H and O–H groups in total. The molecule has 5 nitrogen and oxygen atoms in total. The number of rotatable bonds is 4. The summed E-state index contributed by atoms with van der Waals surface area (Å²) in [5.74, 6) is -0.546. The number of hydrogen-bond acceptors (Lipinski definition) is 4. The van der Waals surface area contributed by atoms with Gasteiger partial charge in [0.25, 0.3) is 0 Å². The lowest BCUT2D eigenvalue weighted by atomic mass is 9.74. The van der Waals surface area contributed by atoms with Crippen molar-refractivity contribution in [2.75, 3.05) is 32.1 Å². The van der Waals surface area contributed by atoms with Gasteiger partial charge in [-0.05, 0) is 25.0 Å². The van der Waals surface area contributed by atoms with E-state index in [0.29, 0.717) is 38.5 Å². The number of aliphatic carboxylic acids is 1. The molecule has 0 saturated carbocycles. The van der Waals surface area contributed by atoms with Gasteiger partial charge >= 0.3 is 5.97 Å². The van der Waals surface area contributed by atoms with Crippen molar-refractivity contribution in [3.8, 4) is 0 Å². The van der Waals surface area contributed by atoms with Gasteiger partial charge in [0.15, 0.2) is 0 Å². The van der Waals surface area contributed by atoms with Crippen LogP contribution in [0, 0.1) is 18.3 Å². The molecule has 0 spiro atoms. The van der Waals surface area contributed by atoms with Crippen LogP contribution in [-0.4, -0.2) is 53.9 Å². The summed E-state index contributed by atoms with van der Waals surface area (Å²) in [6.07, 6.45) is 0.488. The van der Waals surface area contributed by atoms with Crippen LogP contribution in [0.2, 0.25) is 0 Å². The maximum absolute atomic E-state index is 12.5. The molecule has 0 radical (unpaired) electrons. The van der Waals surface area contributed by atoms with Gasteiger partial charge in [-0.1, -0.05) is 18.2 Å². The molecule has 124 valence electrons. The molecular weight excluding hydrogens is 314 g/mol. The Hall–Kier alpha value is -1.53. The van der Waals surface area contributed by atoms with Crippen LogP contribution in [-0.2, 0) is 14.3 Å². The van der Waals surface area contributed by atoms with Crippen LogP contribution in [0.5, 0.6) is 0 Å². The van der Waals surface area contributed by atoms with Gasteiger partial charge in [0.1, 0.15) is 0 Å². The van der Waals surface area contributed by atoms with Gasteiger partial charge in [-0.2, -0.15) is 0 Å². The summed E-state index contributed by atoms with van der Waals surface area (Å²) in [6, 6.07) is 7.96. The normalized spacial score (nSPS) is 26.8. The fraction of sp³-hybridized carbons (Fsp3) is 0.529. The first-order valence-electron chi connectivity index (χ1n) is 7.80. The number of nitrogens with zero attached hydrogens (tertiary/aromatic N) is 1. The maximum atomic E-state index is 12.5. The summed E-state index contributed by atoms with van der Waals surface area (Å²) in [7, 11) is 0. The lowest BCUT2D eigenvalue weighted by Gasteiger charge is -2.33. The highest BCUT2D eigenvalue weighted by Gasteiger charge is 2.54. The number of benzene rings is 1. The number of fused-ring (bicyclic) bond motifs is 1. The minimum absolute atomic E-state index is 0.00766. The molecule has 0 aliphatic carbocycles. The number of thioether (sulfide) groups is 1. The molecule has 2 atom stereocenters. The Kier molecular flexibility index (Phi) is 4.64. The molecule has 2 fully saturated rings. The highest BCUT2D eigenvalue weighted by atomic mass is 32.2. The zero-order chi connectivity index (χ0) is 16.4. The molecule has 1 amide bonds. The van der Waals surface area contributed by atoms with Crippen molar-refractivity contribution in [1.82, 2.24) is 4.90 Å². The number of likely N-dealkylation sites (tertiary alicyclic amines) is 1. The van der Waals surface area contributed by atoms with E-state index in [2.05, 4.69) is 0 Å². The average molecular weight is 335 g/mol. The number of carboxylic acid groups (broad SMARTS) is 1. The van der Waals surface area contributed by atoms with E-state index in [1.807, 2.05) is 31.2 Å². The number of aryl methyl sites for hydroxylation is 1. The molecule has 6 heteroatoms. The lowest BCUT2D eigenvalue weighted by molar-refractivity contribution is -0.157. The molecule has 2 heterocycles. The predicted octanol–water partition coefficient (Wildman–Crippen LogP) is 2.04. The summed E-state index contributed by atoms with van der Waals surface area (Å²) in [6.45, 7) is 3.71. The smallest absolute Gasteiger partial charge is 0.311 e. The van der Waals surface area contributed by atoms with Gasteiger partial charge in [0.2, 0.25) is 5.91 Å². The van der Waals surface area contributed by atoms with Gasteiger partial charge in [-0.25, -0.2) is 0 Å². The number of hydrogen-bond donors (Lipinski definition) is 1. The Morgan fingerprint density at radius 3 is 2.91 bits per heavy atom. The van der Waals surface area contributed by atoms with Crippen LogP contribution in [0.1, 0.15) is 12.0 Å². The first kappa shape index (κ1) is 16.3. The Morgan fingerprint density at radius 1 is 1.43 bits per heavy atom. The first-order chi connectivity index (χ1) is 11.0. The molecule has 2 saturated heterocycles. The van der Waals surface area contributed by atoms with E-state index in [1.165, 1.54) is 11.8 Å². The molecule has 0 unspecified atom stereocenters. The molecule has 1 aromatic rings. The number of amides is 1. The Labute approximate surface area is 140 Å². The third-order valence-electron chi connectivity index (χ3n) is 4.93. The zero-order valence-corrected chi connectivity index (χ0v) is 14.0. The van der Waals surface area contributed by atoms with Crippen molar-refractivity contribution in [3.05, 3.63) is 29.8 Å². The second kappa shape index (κ2) is 6.53. The zero-order valence-electron chi connectivity index (χ0n) is 13.2. The molecule has 1 aromatic carbocycles. The summed E-state index contributed by atoms with van der Waals surface area (Å²) in [4.78, 5) is 27.1. The highest BCUT2D eigenvalue weighted by Crippen LogP contribution is 2.42. The van der Waals surface area contributed by atoms with E-state index in [0.717, 1.165) is 10.5 Å². The predicted molar refractivity (Wildman–Crippen MR) is 87.5 cm³/mol. The van der Waals surface area contributed by atoms with Crippen molar-refractivity contribution in [2.45, 2.75) is 18.2 Å². The quantitative estimate of drug-likeness (QED) is 0.853. The molecule has 0 aromatic heterocycles. The topological polar surface area (TPSA) is 66.8 Å². The fourth-order valence-corrected chi connectivity index (χ4v) is 4.37. The van der Waals surface area contributed by atoms with E-state index in [4.69, 9.17) is 4.74 Å². The van der Waals surface area contributed by atoms with Crippen molar-refractivity contribution in [2.24, 2.45) is 11.3 Å². The summed E-state index contributed by atoms with van der Waals surface area (Å²) < 4.78 is 5.43. The molecule has 2 aliphatic heterocycles. The summed E-state index contributed by atoms with van der Waals surface area (Å²) >= 11 is 1.51. The summed E-state index contributed by atoms with van der Waals surface area (Å²) in [5, 5.41) is 9.64. The largest absolute Gasteiger partial charge is 0.481 e. The first-order valence-corrected chi connectivity index (χ1v) is 8.79. The van der Waals surface area contributed by atoms with Gasteiger partial charge in [0.05, 0.1) is 17.8 Å². The summed E-state index contributed by atoms with van der Waals surface area (Å²) in [5.41, 5.74) is 0.331. The minimum atomic E-state index is -0.818. The lowest BCUT2D eigenvalue weighted by Crippen LogP contribution is -2.45.